The molecule has 2 aromatic heterocycles. The van der Waals surface area contributed by atoms with Crippen LogP contribution in [0.25, 0.3) is 32.7 Å². The number of benzene rings is 3. The summed E-state index contributed by atoms with van der Waals surface area (Å²) < 4.78 is 1.40. The maximum atomic E-state index is 13.3. The van der Waals surface area contributed by atoms with E-state index in [9.17, 15) is 19.5 Å². The Labute approximate surface area is 189 Å². The highest BCUT2D eigenvalue weighted by atomic mass is 32.1. The number of nitrogens with zero attached hydrogens (tertiary/aromatic N) is 4. The first-order chi connectivity index (χ1) is 16.0. The minimum atomic E-state index is -1.14. The molecule has 0 saturated carbocycles. The molecule has 160 valence electrons. The van der Waals surface area contributed by atoms with E-state index in [1.54, 1.807) is 24.3 Å². The van der Waals surface area contributed by atoms with Crippen LogP contribution in [0.5, 0.6) is 0 Å². The molecule has 0 spiro atoms. The van der Waals surface area contributed by atoms with Crippen molar-refractivity contribution in [3.8, 4) is 11.4 Å². The van der Waals surface area contributed by atoms with E-state index in [1.165, 1.54) is 9.42 Å². The summed E-state index contributed by atoms with van der Waals surface area (Å²) in [5.41, 5.74) is 1.53. The van der Waals surface area contributed by atoms with E-state index in [0.29, 0.717) is 22.0 Å². The zero-order valence-corrected chi connectivity index (χ0v) is 17.7. The number of aromatic nitrogens is 3. The van der Waals surface area contributed by atoms with Crippen molar-refractivity contribution >= 4 is 50.2 Å². The number of anilines is 1. The lowest BCUT2D eigenvalue weighted by Crippen LogP contribution is -2.35. The first kappa shape index (κ1) is 19.3. The van der Waals surface area contributed by atoms with Gasteiger partial charge in [0.15, 0.2) is 5.82 Å². The Bertz CT molecular complexity index is 1730. The number of hydrogen-bond donors (Lipinski definition) is 1. The van der Waals surface area contributed by atoms with Gasteiger partial charge in [-0.3, -0.25) is 19.3 Å². The first-order valence-electron chi connectivity index (χ1n) is 10.1. The number of aliphatic carboxylic acids is 1. The molecular weight excluding hydrogens is 440 g/mol. The van der Waals surface area contributed by atoms with Gasteiger partial charge < -0.3 is 5.11 Å². The maximum Gasteiger partial charge on any atom is 0.323 e. The van der Waals surface area contributed by atoms with Crippen LogP contribution in [0.3, 0.4) is 0 Å². The zero-order valence-electron chi connectivity index (χ0n) is 16.9. The molecule has 1 N–H and O–H groups in total. The van der Waals surface area contributed by atoms with E-state index in [0.717, 1.165) is 27.7 Å². The Kier molecular flexibility index (Phi) is 4.14. The van der Waals surface area contributed by atoms with Gasteiger partial charge in [-0.15, -0.1) is 5.10 Å². The number of carboxylic acids is 1. The summed E-state index contributed by atoms with van der Waals surface area (Å²) >= 11 is 1.08. The Hall–Kier alpha value is -4.37. The van der Waals surface area contributed by atoms with Crippen molar-refractivity contribution in [2.75, 3.05) is 11.4 Å². The van der Waals surface area contributed by atoms with Gasteiger partial charge in [-0.1, -0.05) is 72.0 Å². The second-order valence-corrected chi connectivity index (χ2v) is 8.55. The monoisotopic (exact) mass is 454 g/mol. The Morgan fingerprint density at radius 2 is 1.67 bits per heavy atom. The number of fused-ring (bicyclic) bond motifs is 3. The molecule has 1 amide bonds. The molecule has 33 heavy (non-hydrogen) atoms. The van der Waals surface area contributed by atoms with Gasteiger partial charge in [-0.05, 0) is 16.8 Å². The summed E-state index contributed by atoms with van der Waals surface area (Å²) in [7, 11) is 0. The third-order valence-electron chi connectivity index (χ3n) is 5.63. The Balaban J connectivity index is 1.56. The fourth-order valence-electron chi connectivity index (χ4n) is 4.21. The van der Waals surface area contributed by atoms with Crippen LogP contribution in [0.15, 0.2) is 71.5 Å². The maximum absolute atomic E-state index is 13.3. The molecule has 0 atom stereocenters. The van der Waals surface area contributed by atoms with Gasteiger partial charge >= 0.3 is 5.97 Å². The van der Waals surface area contributed by atoms with Crippen LogP contribution >= 0.6 is 11.3 Å². The number of thiazole rings is 1. The number of hydrogen-bond acceptors (Lipinski definition) is 6. The smallest absolute Gasteiger partial charge is 0.323 e. The third-order valence-corrected chi connectivity index (χ3v) is 6.66. The largest absolute Gasteiger partial charge is 0.480 e. The molecule has 0 aliphatic carbocycles. The Morgan fingerprint density at radius 3 is 2.48 bits per heavy atom. The summed E-state index contributed by atoms with van der Waals surface area (Å²) in [5, 5.41) is 15.7. The van der Waals surface area contributed by atoms with Crippen molar-refractivity contribution in [3.05, 3.63) is 87.2 Å². The van der Waals surface area contributed by atoms with E-state index in [2.05, 4.69) is 10.1 Å². The van der Waals surface area contributed by atoms with Crippen LogP contribution in [0.1, 0.15) is 5.56 Å². The molecule has 6 rings (SSSR count). The third kappa shape index (κ3) is 2.86. The van der Waals surface area contributed by atoms with Crippen molar-refractivity contribution in [2.45, 2.75) is 0 Å². The van der Waals surface area contributed by atoms with Crippen LogP contribution < -0.4 is 15.0 Å². The predicted octanol–water partition coefficient (Wildman–Crippen LogP) is 2.32. The predicted molar refractivity (Wildman–Crippen MR) is 124 cm³/mol. The van der Waals surface area contributed by atoms with E-state index >= 15 is 0 Å². The summed E-state index contributed by atoms with van der Waals surface area (Å²) in [5.74, 6) is -1.23. The molecule has 3 heterocycles. The average molecular weight is 454 g/mol. The molecular formula is C24H14N4O4S. The van der Waals surface area contributed by atoms with E-state index in [-0.39, 0.29) is 10.1 Å². The second-order valence-electron chi connectivity index (χ2n) is 7.57. The molecule has 0 fully saturated rings. The van der Waals surface area contributed by atoms with Crippen LogP contribution in [0.2, 0.25) is 0 Å². The van der Waals surface area contributed by atoms with Gasteiger partial charge in [0, 0.05) is 11.1 Å². The van der Waals surface area contributed by atoms with E-state index < -0.39 is 24.0 Å². The van der Waals surface area contributed by atoms with Crippen molar-refractivity contribution in [3.63, 3.8) is 0 Å². The molecule has 1 aliphatic heterocycles. The number of amides is 1. The zero-order chi connectivity index (χ0) is 22.7. The minimum Gasteiger partial charge on any atom is -0.480 e. The Morgan fingerprint density at radius 1 is 0.939 bits per heavy atom. The average Bonchev–Trinajstić information content (AvgIpc) is 3.45. The molecule has 5 aromatic rings. The summed E-state index contributed by atoms with van der Waals surface area (Å²) in [6.45, 7) is -0.487. The topological polar surface area (TPSA) is 105 Å². The molecule has 9 heteroatoms. The fraction of sp³-hybridized carbons (Fsp3) is 0.0417. The number of carbonyl (C=O) groups excluding carboxylic acids is 1. The van der Waals surface area contributed by atoms with Crippen molar-refractivity contribution in [2.24, 2.45) is 0 Å². The van der Waals surface area contributed by atoms with Crippen molar-refractivity contribution in [1.82, 2.24) is 14.6 Å². The van der Waals surface area contributed by atoms with Gasteiger partial charge in [0.05, 0.1) is 11.3 Å². The van der Waals surface area contributed by atoms with Gasteiger partial charge in [-0.2, -0.15) is 9.50 Å². The molecule has 3 aromatic carbocycles. The number of para-hydroxylation sites is 1. The van der Waals surface area contributed by atoms with Gasteiger partial charge in [-0.25, -0.2) is 0 Å². The SMILES string of the molecule is O=C(O)CN1C(=O)C(=c2sc3nc(-c4cccc5ccccc45)nn3c2=O)c2ccccc21. The van der Waals surface area contributed by atoms with E-state index in [4.69, 9.17) is 0 Å². The van der Waals surface area contributed by atoms with Gasteiger partial charge in [0.25, 0.3) is 11.5 Å². The highest BCUT2D eigenvalue weighted by molar-refractivity contribution is 7.15. The second kappa shape index (κ2) is 7.07. The summed E-state index contributed by atoms with van der Waals surface area (Å²) in [6.07, 6.45) is 0. The number of carboxylic acid groups (broad SMARTS) is 1. The molecule has 0 unspecified atom stereocenters. The standard InChI is InChI=1S/C24H14N4O4S/c29-18(30)12-27-17-11-4-3-9-16(17)19(22(27)31)20-23(32)28-24(33-20)25-21(26-28)15-10-5-7-13-6-1-2-8-14(13)15/h1-11H,12H2,(H,29,30). The molecule has 0 radical (unpaired) electrons. The van der Waals surface area contributed by atoms with E-state index in [1.807, 2.05) is 42.5 Å². The van der Waals surface area contributed by atoms with Crippen LogP contribution in [0, 0.1) is 0 Å². The highest BCUT2D eigenvalue weighted by Crippen LogP contribution is 2.35. The lowest BCUT2D eigenvalue weighted by Gasteiger charge is -2.13. The minimum absolute atomic E-state index is 0.181. The van der Waals surface area contributed by atoms with Gasteiger partial charge in [0.1, 0.15) is 11.1 Å². The quantitative estimate of drug-likeness (QED) is 0.449. The first-order valence-corrected chi connectivity index (χ1v) is 10.9. The van der Waals surface area contributed by atoms with Crippen LogP contribution in [-0.4, -0.2) is 38.1 Å². The summed E-state index contributed by atoms with van der Waals surface area (Å²) in [4.78, 5) is 43.8. The molecule has 8 nitrogen and oxygen atoms in total. The van der Waals surface area contributed by atoms with Crippen molar-refractivity contribution in [1.29, 1.82) is 0 Å². The lowest BCUT2D eigenvalue weighted by atomic mass is 10.0. The van der Waals surface area contributed by atoms with Gasteiger partial charge in [0.2, 0.25) is 4.96 Å². The number of rotatable bonds is 3. The summed E-state index contributed by atoms with van der Waals surface area (Å²) in [6, 6.07) is 20.5. The number of carbonyl (C=O) groups is 2. The normalized spacial score (nSPS) is 14.9. The molecule has 0 saturated heterocycles. The van der Waals surface area contributed by atoms with Crippen molar-refractivity contribution < 1.29 is 14.7 Å². The molecule has 0 bridgehead atoms. The van der Waals surface area contributed by atoms with Crippen LogP contribution in [-0.2, 0) is 9.59 Å². The highest BCUT2D eigenvalue weighted by Gasteiger charge is 2.35. The van der Waals surface area contributed by atoms with Crippen LogP contribution in [0.4, 0.5) is 5.69 Å². The molecule has 1 aliphatic rings. The fourth-order valence-corrected chi connectivity index (χ4v) is 5.21. The lowest BCUT2D eigenvalue weighted by molar-refractivity contribution is -0.136.